The third kappa shape index (κ3) is 5.45. The molecule has 150 valence electrons. The van der Waals surface area contributed by atoms with Crippen molar-refractivity contribution in [1.29, 1.82) is 0 Å². The minimum absolute atomic E-state index is 0.0615. The number of piperazine rings is 1. The molecule has 28 heavy (non-hydrogen) atoms. The Morgan fingerprint density at radius 2 is 1.79 bits per heavy atom. The Hall–Kier alpha value is -2.60. The van der Waals surface area contributed by atoms with E-state index in [4.69, 9.17) is 4.74 Å². The van der Waals surface area contributed by atoms with E-state index in [2.05, 4.69) is 15.1 Å². The summed E-state index contributed by atoms with van der Waals surface area (Å²) in [5.74, 6) is 0.737. The van der Waals surface area contributed by atoms with Gasteiger partial charge in [-0.3, -0.25) is 9.69 Å². The van der Waals surface area contributed by atoms with Gasteiger partial charge in [0.15, 0.2) is 0 Å². The Balaban J connectivity index is 1.35. The van der Waals surface area contributed by atoms with Gasteiger partial charge in [-0.25, -0.2) is 4.39 Å². The molecule has 1 fully saturated rings. The maximum absolute atomic E-state index is 13.9. The van der Waals surface area contributed by atoms with Crippen LogP contribution in [0.2, 0.25) is 0 Å². The first-order valence-corrected chi connectivity index (χ1v) is 9.78. The molecule has 0 radical (unpaired) electrons. The summed E-state index contributed by atoms with van der Waals surface area (Å²) in [5.41, 5.74) is 1.76. The number of rotatable bonds is 8. The monoisotopic (exact) mass is 385 g/mol. The first kappa shape index (κ1) is 20.1. The number of carbonyl (C=O) groups excluding carboxylic acids is 1. The topological polar surface area (TPSA) is 44.8 Å². The van der Waals surface area contributed by atoms with Crippen LogP contribution in [0.4, 0.5) is 10.1 Å². The summed E-state index contributed by atoms with van der Waals surface area (Å²) in [6.45, 7) is 4.55. The first-order valence-electron chi connectivity index (χ1n) is 9.78. The molecular formula is C22H28FN3O2. The van der Waals surface area contributed by atoms with Crippen LogP contribution in [-0.2, 0) is 11.2 Å². The zero-order valence-electron chi connectivity index (χ0n) is 16.4. The van der Waals surface area contributed by atoms with Crippen LogP contribution in [0.1, 0.15) is 12.0 Å². The molecule has 5 nitrogen and oxygen atoms in total. The molecule has 1 heterocycles. The van der Waals surface area contributed by atoms with Gasteiger partial charge in [0.25, 0.3) is 0 Å². The fourth-order valence-corrected chi connectivity index (χ4v) is 3.51. The molecule has 1 amide bonds. The number of benzene rings is 2. The molecular weight excluding hydrogens is 357 g/mol. The molecule has 0 aromatic heterocycles. The largest absolute Gasteiger partial charge is 0.496 e. The normalized spacial score (nSPS) is 14.7. The summed E-state index contributed by atoms with van der Waals surface area (Å²) >= 11 is 0. The zero-order chi connectivity index (χ0) is 19.8. The number of carbonyl (C=O) groups is 1. The number of nitrogens with zero attached hydrogens (tertiary/aromatic N) is 2. The summed E-state index contributed by atoms with van der Waals surface area (Å²) < 4.78 is 19.2. The molecule has 0 spiro atoms. The van der Waals surface area contributed by atoms with Crippen LogP contribution in [0, 0.1) is 5.82 Å². The number of halogens is 1. The molecule has 1 saturated heterocycles. The molecule has 1 aliphatic heterocycles. The second-order valence-corrected chi connectivity index (χ2v) is 6.94. The SMILES string of the molecule is COc1ccccc1CCNC(=O)CCN1CCN(c2ccccc2F)CC1. The molecule has 1 N–H and O–H groups in total. The molecule has 0 saturated carbocycles. The fourth-order valence-electron chi connectivity index (χ4n) is 3.51. The minimum Gasteiger partial charge on any atom is -0.496 e. The Bertz CT molecular complexity index is 776. The molecule has 6 heteroatoms. The molecule has 0 unspecified atom stereocenters. The third-order valence-electron chi connectivity index (χ3n) is 5.13. The molecule has 0 atom stereocenters. The van der Waals surface area contributed by atoms with Crippen molar-refractivity contribution < 1.29 is 13.9 Å². The van der Waals surface area contributed by atoms with Gasteiger partial charge in [-0.1, -0.05) is 30.3 Å². The van der Waals surface area contributed by atoms with Gasteiger partial charge >= 0.3 is 0 Å². The number of hydrogen-bond donors (Lipinski definition) is 1. The van der Waals surface area contributed by atoms with E-state index in [0.29, 0.717) is 18.7 Å². The van der Waals surface area contributed by atoms with Crippen LogP contribution in [0.5, 0.6) is 5.75 Å². The fraction of sp³-hybridized carbons (Fsp3) is 0.409. The Morgan fingerprint density at radius 1 is 1.07 bits per heavy atom. The average molecular weight is 385 g/mol. The van der Waals surface area contributed by atoms with Gasteiger partial charge in [-0.15, -0.1) is 0 Å². The van der Waals surface area contributed by atoms with Crippen molar-refractivity contribution >= 4 is 11.6 Å². The van der Waals surface area contributed by atoms with E-state index < -0.39 is 0 Å². The molecule has 2 aromatic carbocycles. The highest BCUT2D eigenvalue weighted by molar-refractivity contribution is 5.76. The van der Waals surface area contributed by atoms with Gasteiger partial charge in [0.05, 0.1) is 12.8 Å². The Kier molecular flexibility index (Phi) is 7.25. The number of hydrogen-bond acceptors (Lipinski definition) is 4. The quantitative estimate of drug-likeness (QED) is 0.759. The lowest BCUT2D eigenvalue weighted by molar-refractivity contribution is -0.121. The molecule has 3 rings (SSSR count). The number of amides is 1. The standard InChI is InChI=1S/C22H28FN3O2/c1-28-21-9-5-2-6-18(21)10-12-24-22(27)11-13-25-14-16-26(17-15-25)20-8-4-3-7-19(20)23/h2-9H,10-17H2,1H3,(H,24,27). The van der Waals surface area contributed by atoms with Crippen molar-refractivity contribution in [3.05, 3.63) is 59.9 Å². The Labute approximate surface area is 166 Å². The number of para-hydroxylation sites is 2. The minimum atomic E-state index is -0.176. The zero-order valence-corrected chi connectivity index (χ0v) is 16.4. The van der Waals surface area contributed by atoms with E-state index in [1.807, 2.05) is 36.4 Å². The van der Waals surface area contributed by atoms with Crippen LogP contribution < -0.4 is 15.0 Å². The molecule has 0 bridgehead atoms. The summed E-state index contributed by atoms with van der Waals surface area (Å²) in [6, 6.07) is 14.7. The number of ether oxygens (including phenoxy) is 1. The predicted molar refractivity (Wildman–Crippen MR) is 109 cm³/mol. The van der Waals surface area contributed by atoms with Gasteiger partial charge in [0, 0.05) is 45.7 Å². The van der Waals surface area contributed by atoms with E-state index in [9.17, 15) is 9.18 Å². The number of nitrogens with one attached hydrogen (secondary N) is 1. The number of methoxy groups -OCH3 is 1. The Morgan fingerprint density at radius 3 is 2.54 bits per heavy atom. The van der Waals surface area contributed by atoms with Gasteiger partial charge in [0.2, 0.25) is 5.91 Å². The maximum atomic E-state index is 13.9. The van der Waals surface area contributed by atoms with Crippen LogP contribution in [-0.4, -0.2) is 57.2 Å². The van der Waals surface area contributed by atoms with Crippen molar-refractivity contribution in [3.8, 4) is 5.75 Å². The second-order valence-electron chi connectivity index (χ2n) is 6.94. The van der Waals surface area contributed by atoms with E-state index in [1.165, 1.54) is 6.07 Å². The van der Waals surface area contributed by atoms with Crippen LogP contribution in [0.3, 0.4) is 0 Å². The van der Waals surface area contributed by atoms with Crippen molar-refractivity contribution in [2.45, 2.75) is 12.8 Å². The highest BCUT2D eigenvalue weighted by atomic mass is 19.1. The van der Waals surface area contributed by atoms with Crippen LogP contribution >= 0.6 is 0 Å². The van der Waals surface area contributed by atoms with Gasteiger partial charge in [-0.05, 0) is 30.2 Å². The van der Waals surface area contributed by atoms with E-state index in [-0.39, 0.29) is 11.7 Å². The molecule has 1 aliphatic rings. The van der Waals surface area contributed by atoms with Crippen LogP contribution in [0.25, 0.3) is 0 Å². The summed E-state index contributed by atoms with van der Waals surface area (Å²) in [5, 5.41) is 2.98. The van der Waals surface area contributed by atoms with Crippen molar-refractivity contribution in [3.63, 3.8) is 0 Å². The van der Waals surface area contributed by atoms with E-state index >= 15 is 0 Å². The second kappa shape index (κ2) is 10.1. The average Bonchev–Trinajstić information content (AvgIpc) is 2.73. The molecule has 2 aromatic rings. The summed E-state index contributed by atoms with van der Waals surface area (Å²) in [7, 11) is 1.66. The maximum Gasteiger partial charge on any atom is 0.221 e. The highest BCUT2D eigenvalue weighted by Gasteiger charge is 2.19. The van der Waals surface area contributed by atoms with E-state index in [0.717, 1.165) is 50.5 Å². The van der Waals surface area contributed by atoms with Gasteiger partial charge < -0.3 is 15.0 Å². The first-order chi connectivity index (χ1) is 13.7. The smallest absolute Gasteiger partial charge is 0.221 e. The third-order valence-corrected chi connectivity index (χ3v) is 5.13. The number of anilines is 1. The van der Waals surface area contributed by atoms with Crippen LogP contribution in [0.15, 0.2) is 48.5 Å². The lowest BCUT2D eigenvalue weighted by atomic mass is 10.1. The van der Waals surface area contributed by atoms with E-state index in [1.54, 1.807) is 13.2 Å². The summed E-state index contributed by atoms with van der Waals surface area (Å²) in [6.07, 6.45) is 1.22. The highest BCUT2D eigenvalue weighted by Crippen LogP contribution is 2.20. The van der Waals surface area contributed by atoms with Crippen molar-refractivity contribution in [2.75, 3.05) is 51.3 Å². The van der Waals surface area contributed by atoms with Gasteiger partial charge in [-0.2, -0.15) is 0 Å². The van der Waals surface area contributed by atoms with Crippen molar-refractivity contribution in [1.82, 2.24) is 10.2 Å². The van der Waals surface area contributed by atoms with Crippen molar-refractivity contribution in [2.24, 2.45) is 0 Å². The van der Waals surface area contributed by atoms with Gasteiger partial charge in [0.1, 0.15) is 11.6 Å². The summed E-state index contributed by atoms with van der Waals surface area (Å²) in [4.78, 5) is 16.5. The predicted octanol–water partition coefficient (Wildman–Crippen LogP) is 2.71. The molecule has 0 aliphatic carbocycles. The lowest BCUT2D eigenvalue weighted by Gasteiger charge is -2.36. The lowest BCUT2D eigenvalue weighted by Crippen LogP contribution is -2.47.